The fraction of sp³-hybridized carbons (Fsp3) is 0.263. The quantitative estimate of drug-likeness (QED) is 0.664. The van der Waals surface area contributed by atoms with Gasteiger partial charge in [0.1, 0.15) is 0 Å². The highest BCUT2D eigenvalue weighted by Gasteiger charge is 2.27. The second kappa shape index (κ2) is 6.94. The monoisotopic (exact) mass is 335 g/mol. The average Bonchev–Trinajstić information content (AvgIpc) is 3.26. The fourth-order valence-electron chi connectivity index (χ4n) is 3.37. The summed E-state index contributed by atoms with van der Waals surface area (Å²) in [7, 11) is 0. The molecule has 4 rings (SSSR count). The molecule has 1 fully saturated rings. The molecule has 25 heavy (non-hydrogen) atoms. The number of nitrogens with two attached hydrogens (primary N) is 1. The van der Waals surface area contributed by atoms with E-state index in [1.165, 1.54) is 5.56 Å². The minimum absolute atomic E-state index is 0.309. The fourth-order valence-corrected chi connectivity index (χ4v) is 3.37. The molecule has 3 aromatic rings. The molecule has 2 aromatic carbocycles. The summed E-state index contributed by atoms with van der Waals surface area (Å²) in [4.78, 5) is 0. The molecule has 1 saturated heterocycles. The number of nitrogens with one attached hydrogen (secondary N) is 2. The Morgan fingerprint density at radius 1 is 1.04 bits per heavy atom. The standard InChI is InChI=1S/C19H21N5O/c20-19-18(23-25-24-19)14-6-8-16(9-7-14)22-17-12-21-11-15(17)10-13-4-2-1-3-5-13/h1-9,15,17,21-22H,10-12H2,(H2,20,24). The zero-order valence-corrected chi connectivity index (χ0v) is 13.9. The molecule has 128 valence electrons. The second-order valence-electron chi connectivity index (χ2n) is 6.43. The minimum atomic E-state index is 0.309. The Labute approximate surface area is 146 Å². The van der Waals surface area contributed by atoms with Crippen molar-refractivity contribution in [2.75, 3.05) is 24.1 Å². The summed E-state index contributed by atoms with van der Waals surface area (Å²) in [6.45, 7) is 2.01. The maximum Gasteiger partial charge on any atom is 0.196 e. The van der Waals surface area contributed by atoms with Crippen molar-refractivity contribution in [2.45, 2.75) is 12.5 Å². The summed E-state index contributed by atoms with van der Waals surface area (Å²) in [5.74, 6) is 0.876. The zero-order valence-electron chi connectivity index (χ0n) is 13.9. The molecule has 0 bridgehead atoms. The molecular formula is C19H21N5O. The summed E-state index contributed by atoms with van der Waals surface area (Å²) in [5.41, 5.74) is 9.69. The van der Waals surface area contributed by atoms with Gasteiger partial charge >= 0.3 is 0 Å². The van der Waals surface area contributed by atoms with E-state index in [0.717, 1.165) is 30.8 Å². The van der Waals surface area contributed by atoms with Crippen molar-refractivity contribution in [3.8, 4) is 11.3 Å². The Morgan fingerprint density at radius 2 is 1.84 bits per heavy atom. The van der Waals surface area contributed by atoms with E-state index >= 15 is 0 Å². The molecule has 0 spiro atoms. The van der Waals surface area contributed by atoms with Crippen molar-refractivity contribution < 1.29 is 4.63 Å². The summed E-state index contributed by atoms with van der Waals surface area (Å²) < 4.78 is 4.66. The maximum atomic E-state index is 5.74. The van der Waals surface area contributed by atoms with E-state index in [1.54, 1.807) is 0 Å². The highest BCUT2D eigenvalue weighted by atomic mass is 16.6. The lowest BCUT2D eigenvalue weighted by molar-refractivity contribution is 0.310. The second-order valence-corrected chi connectivity index (χ2v) is 6.43. The van der Waals surface area contributed by atoms with Gasteiger partial charge in [-0.15, -0.1) is 0 Å². The number of anilines is 2. The smallest absolute Gasteiger partial charge is 0.196 e. The van der Waals surface area contributed by atoms with E-state index in [0.29, 0.717) is 23.5 Å². The lowest BCUT2D eigenvalue weighted by Crippen LogP contribution is -2.29. The molecule has 2 heterocycles. The SMILES string of the molecule is Nc1nonc1-c1ccc(NC2CNCC2Cc2ccccc2)cc1. The zero-order chi connectivity index (χ0) is 17.1. The normalized spacial score (nSPS) is 19.8. The van der Waals surface area contributed by atoms with Gasteiger partial charge in [0.2, 0.25) is 0 Å². The van der Waals surface area contributed by atoms with Crippen LogP contribution in [0.2, 0.25) is 0 Å². The van der Waals surface area contributed by atoms with Gasteiger partial charge in [-0.3, -0.25) is 0 Å². The molecule has 6 nitrogen and oxygen atoms in total. The predicted molar refractivity (Wildman–Crippen MR) is 98.1 cm³/mol. The molecule has 0 amide bonds. The molecule has 4 N–H and O–H groups in total. The van der Waals surface area contributed by atoms with Gasteiger partial charge in [0.25, 0.3) is 0 Å². The van der Waals surface area contributed by atoms with Crippen LogP contribution in [0.15, 0.2) is 59.2 Å². The number of hydrogen-bond donors (Lipinski definition) is 3. The third-order valence-corrected chi connectivity index (χ3v) is 4.70. The van der Waals surface area contributed by atoms with Gasteiger partial charge in [-0.25, -0.2) is 4.63 Å². The van der Waals surface area contributed by atoms with Gasteiger partial charge in [0.15, 0.2) is 11.5 Å². The van der Waals surface area contributed by atoms with E-state index < -0.39 is 0 Å². The van der Waals surface area contributed by atoms with Gasteiger partial charge in [-0.1, -0.05) is 42.5 Å². The third-order valence-electron chi connectivity index (χ3n) is 4.70. The molecule has 2 unspecified atom stereocenters. The van der Waals surface area contributed by atoms with E-state index in [2.05, 4.69) is 55.9 Å². The number of rotatable bonds is 5. The number of nitrogens with zero attached hydrogens (tertiary/aromatic N) is 2. The molecular weight excluding hydrogens is 314 g/mol. The van der Waals surface area contributed by atoms with Crippen LogP contribution in [0.3, 0.4) is 0 Å². The van der Waals surface area contributed by atoms with Crippen molar-refractivity contribution in [3.05, 3.63) is 60.2 Å². The van der Waals surface area contributed by atoms with Crippen molar-refractivity contribution in [1.29, 1.82) is 0 Å². The molecule has 0 saturated carbocycles. The van der Waals surface area contributed by atoms with Gasteiger partial charge < -0.3 is 16.4 Å². The number of benzene rings is 2. The van der Waals surface area contributed by atoms with E-state index in [-0.39, 0.29) is 0 Å². The van der Waals surface area contributed by atoms with Crippen LogP contribution in [0, 0.1) is 5.92 Å². The van der Waals surface area contributed by atoms with Crippen LogP contribution in [-0.2, 0) is 6.42 Å². The first-order valence-corrected chi connectivity index (χ1v) is 8.49. The Morgan fingerprint density at radius 3 is 2.56 bits per heavy atom. The first kappa shape index (κ1) is 15.7. The van der Waals surface area contributed by atoms with E-state index in [4.69, 9.17) is 5.73 Å². The first-order valence-electron chi connectivity index (χ1n) is 8.49. The van der Waals surface area contributed by atoms with Crippen LogP contribution in [0.5, 0.6) is 0 Å². The molecule has 0 radical (unpaired) electrons. The molecule has 6 heteroatoms. The topological polar surface area (TPSA) is 89.0 Å². The predicted octanol–water partition coefficient (Wildman–Crippen LogP) is 2.56. The van der Waals surface area contributed by atoms with Crippen molar-refractivity contribution in [3.63, 3.8) is 0 Å². The van der Waals surface area contributed by atoms with E-state index in [9.17, 15) is 0 Å². The number of hydrogen-bond acceptors (Lipinski definition) is 6. The van der Waals surface area contributed by atoms with E-state index in [1.807, 2.05) is 24.3 Å². The van der Waals surface area contributed by atoms with Crippen LogP contribution in [0.1, 0.15) is 5.56 Å². The minimum Gasteiger partial charge on any atom is -0.381 e. The summed E-state index contributed by atoms with van der Waals surface area (Å²) in [5, 5.41) is 14.6. The van der Waals surface area contributed by atoms with Crippen molar-refractivity contribution in [2.24, 2.45) is 5.92 Å². The molecule has 1 aliphatic rings. The largest absolute Gasteiger partial charge is 0.381 e. The van der Waals surface area contributed by atoms with Gasteiger partial charge in [-0.05, 0) is 40.3 Å². The summed E-state index contributed by atoms with van der Waals surface area (Å²) >= 11 is 0. The highest BCUT2D eigenvalue weighted by Crippen LogP contribution is 2.25. The van der Waals surface area contributed by atoms with Crippen molar-refractivity contribution >= 4 is 11.5 Å². The van der Waals surface area contributed by atoms with Crippen LogP contribution in [0.25, 0.3) is 11.3 Å². The van der Waals surface area contributed by atoms with Gasteiger partial charge in [-0.2, -0.15) is 0 Å². The lowest BCUT2D eigenvalue weighted by atomic mass is 9.94. The first-order chi connectivity index (χ1) is 12.3. The maximum absolute atomic E-state index is 5.74. The number of aromatic nitrogens is 2. The van der Waals surface area contributed by atoms with Crippen molar-refractivity contribution in [1.82, 2.24) is 15.6 Å². The Kier molecular flexibility index (Phi) is 4.35. The van der Waals surface area contributed by atoms with Crippen LogP contribution >= 0.6 is 0 Å². The Hall–Kier alpha value is -2.86. The van der Waals surface area contributed by atoms with Gasteiger partial charge in [0.05, 0.1) is 0 Å². The molecule has 0 aliphatic carbocycles. The summed E-state index contributed by atoms with van der Waals surface area (Å²) in [6.07, 6.45) is 1.07. The van der Waals surface area contributed by atoms with Crippen LogP contribution < -0.4 is 16.4 Å². The highest BCUT2D eigenvalue weighted by molar-refractivity contribution is 5.70. The third kappa shape index (κ3) is 3.49. The molecule has 1 aliphatic heterocycles. The number of nitrogen functional groups attached to an aromatic ring is 1. The van der Waals surface area contributed by atoms with Crippen LogP contribution in [0.4, 0.5) is 11.5 Å². The Balaban J connectivity index is 1.43. The van der Waals surface area contributed by atoms with Crippen LogP contribution in [-0.4, -0.2) is 29.4 Å². The van der Waals surface area contributed by atoms with Gasteiger partial charge in [0, 0.05) is 30.4 Å². The Bertz CT molecular complexity index is 815. The summed E-state index contributed by atoms with van der Waals surface area (Å²) in [6, 6.07) is 19.1. The molecule has 2 atom stereocenters. The average molecular weight is 335 g/mol. The molecule has 1 aromatic heterocycles. The lowest BCUT2D eigenvalue weighted by Gasteiger charge is -2.21.